The predicted octanol–water partition coefficient (Wildman–Crippen LogP) is 12.5. The van der Waals surface area contributed by atoms with Crippen molar-refractivity contribution in [1.29, 1.82) is 0 Å². The van der Waals surface area contributed by atoms with E-state index >= 15 is 0 Å². The van der Waals surface area contributed by atoms with Gasteiger partial charge in [-0.2, -0.15) is 0 Å². The van der Waals surface area contributed by atoms with Gasteiger partial charge in [-0.25, -0.2) is 0 Å². The molecule has 350 valence electrons. The Morgan fingerprint density at radius 2 is 0.571 bits per heavy atom. The Morgan fingerprint density at radius 1 is 0.314 bits per heavy atom. The summed E-state index contributed by atoms with van der Waals surface area (Å²) in [5.41, 5.74) is 12.4. The van der Waals surface area contributed by atoms with Gasteiger partial charge in [-0.1, -0.05) is 91.0 Å². The molecule has 3 aliphatic rings. The van der Waals surface area contributed by atoms with E-state index in [1.54, 1.807) is 0 Å². The van der Waals surface area contributed by atoms with Crippen molar-refractivity contribution in [3.8, 4) is 67.2 Å². The Morgan fingerprint density at radius 3 is 0.814 bits per heavy atom. The number of rotatable bonds is 15. The molecule has 0 spiro atoms. The fraction of sp³-hybridized carbons (Fsp3) is 0.211. The molecule has 3 aromatic carbocycles. The number of benzene rings is 3. The second kappa shape index (κ2) is 23.4. The molecule has 0 aliphatic heterocycles. The number of halogens is 1. The summed E-state index contributed by atoms with van der Waals surface area (Å²) in [4.78, 5) is 12.3. The zero-order chi connectivity index (χ0) is 46.5. The maximum absolute atomic E-state index is 4.45. The van der Waals surface area contributed by atoms with Crippen LogP contribution in [0.4, 0.5) is 17.5 Å². The fourth-order valence-corrected chi connectivity index (χ4v) is 7.76. The summed E-state index contributed by atoms with van der Waals surface area (Å²) in [6.45, 7) is 2.91. The molecule has 6 aromatic heterocycles. The second-order valence-corrected chi connectivity index (χ2v) is 17.8. The van der Waals surface area contributed by atoms with E-state index in [-0.39, 0.29) is 12.4 Å². The van der Waals surface area contributed by atoms with E-state index in [9.17, 15) is 0 Å². The smallest absolute Gasteiger partial charge is 0.156 e. The van der Waals surface area contributed by atoms with Gasteiger partial charge in [-0.05, 0) is 128 Å². The largest absolute Gasteiger partial charge is 0.368 e. The second-order valence-electron chi connectivity index (χ2n) is 17.8. The van der Waals surface area contributed by atoms with E-state index in [4.69, 9.17) is 0 Å². The Balaban J connectivity index is 0.000000129. The predicted molar refractivity (Wildman–Crippen MR) is 283 cm³/mol. The lowest BCUT2D eigenvalue weighted by Crippen LogP contribution is -2.07. The van der Waals surface area contributed by atoms with Crippen LogP contribution in [0.3, 0.4) is 0 Å². The van der Waals surface area contributed by atoms with Crippen LogP contribution in [0.1, 0.15) is 38.5 Å². The maximum Gasteiger partial charge on any atom is 0.156 e. The van der Waals surface area contributed by atoms with Gasteiger partial charge in [0, 0.05) is 90.2 Å². The van der Waals surface area contributed by atoms with Gasteiger partial charge < -0.3 is 16.0 Å². The first-order valence-electron chi connectivity index (χ1n) is 23.9. The minimum absolute atomic E-state index is 0. The summed E-state index contributed by atoms with van der Waals surface area (Å²) in [7, 11) is 0. The van der Waals surface area contributed by atoms with Crippen molar-refractivity contribution in [3.05, 3.63) is 183 Å². The molecule has 12 nitrogen and oxygen atoms in total. The summed E-state index contributed by atoms with van der Waals surface area (Å²) in [6, 6.07) is 48.8. The molecule has 3 saturated carbocycles. The van der Waals surface area contributed by atoms with Gasteiger partial charge in [0.25, 0.3) is 0 Å². The number of hydrogen-bond acceptors (Lipinski definition) is 12. The van der Waals surface area contributed by atoms with Gasteiger partial charge in [0.05, 0.1) is 17.1 Å². The zero-order valence-corrected chi connectivity index (χ0v) is 39.7. The molecule has 12 rings (SSSR count). The third-order valence-electron chi connectivity index (χ3n) is 12.3. The molecule has 13 heteroatoms. The van der Waals surface area contributed by atoms with Gasteiger partial charge in [-0.15, -0.1) is 43.0 Å². The molecular weight excluding hydrogens is 888 g/mol. The third-order valence-corrected chi connectivity index (χ3v) is 12.3. The molecule has 0 radical (unpaired) electrons. The highest BCUT2D eigenvalue weighted by atomic mass is 35.5. The number of nitrogens with one attached hydrogen (secondary N) is 3. The van der Waals surface area contributed by atoms with Crippen LogP contribution in [0.5, 0.6) is 0 Å². The number of hydrogen-bond donors (Lipinski definition) is 3. The average molecular weight is 944 g/mol. The summed E-state index contributed by atoms with van der Waals surface area (Å²) in [5.74, 6) is 4.91. The summed E-state index contributed by atoms with van der Waals surface area (Å²) in [6.07, 6.45) is 18.7. The van der Waals surface area contributed by atoms with E-state index in [1.807, 2.05) is 128 Å². The lowest BCUT2D eigenvalue weighted by Gasteiger charge is -2.12. The van der Waals surface area contributed by atoms with E-state index < -0.39 is 0 Å². The van der Waals surface area contributed by atoms with Crippen molar-refractivity contribution in [2.45, 2.75) is 38.5 Å². The minimum atomic E-state index is 0. The van der Waals surface area contributed by atoms with Crippen LogP contribution in [0, 0.1) is 17.8 Å². The van der Waals surface area contributed by atoms with Crippen LogP contribution in [-0.2, 0) is 0 Å². The summed E-state index contributed by atoms with van der Waals surface area (Å²) >= 11 is 0. The Bertz CT molecular complexity index is 2690. The molecule has 3 N–H and O–H groups in total. The van der Waals surface area contributed by atoms with Crippen LogP contribution in [0.2, 0.25) is 0 Å². The number of anilines is 3. The topological polar surface area (TPSA) is 152 Å². The van der Waals surface area contributed by atoms with Crippen LogP contribution >= 0.6 is 12.4 Å². The quantitative estimate of drug-likeness (QED) is 0.0897. The van der Waals surface area contributed by atoms with Gasteiger partial charge in [0.2, 0.25) is 0 Å². The normalized spacial score (nSPS) is 13.5. The van der Waals surface area contributed by atoms with E-state index in [1.165, 1.54) is 38.5 Å². The number of nitrogens with zero attached hydrogens (tertiary/aromatic N) is 9. The SMILES string of the molecule is Cl.c1ccc(-c2cc(-c3ccncc3)c(NCC3CC3)nn2)cc1.c1ccc(-c2cc(-c3ccncc3)c(NCC3CC3)nn2)cc1.c1ccc(-c2cc(-c3ccncc3)c(NCC3CC3)nn2)cc1. The van der Waals surface area contributed by atoms with Crippen LogP contribution in [0.25, 0.3) is 67.2 Å². The Labute approximate surface area is 415 Å². The van der Waals surface area contributed by atoms with E-state index in [0.29, 0.717) is 0 Å². The molecule has 0 bridgehead atoms. The molecule has 6 heterocycles. The first-order valence-corrected chi connectivity index (χ1v) is 23.9. The van der Waals surface area contributed by atoms with E-state index in [0.717, 1.165) is 122 Å². The average Bonchev–Trinajstić information content (AvgIpc) is 4.28. The van der Waals surface area contributed by atoms with Gasteiger partial charge in [0.1, 0.15) is 0 Å². The summed E-state index contributed by atoms with van der Waals surface area (Å²) in [5, 5.41) is 36.9. The van der Waals surface area contributed by atoms with Crippen molar-refractivity contribution in [2.75, 3.05) is 35.6 Å². The van der Waals surface area contributed by atoms with Crippen molar-refractivity contribution >= 4 is 29.9 Å². The third kappa shape index (κ3) is 13.0. The monoisotopic (exact) mass is 942 g/mol. The fourth-order valence-electron chi connectivity index (χ4n) is 7.76. The molecule has 3 fully saturated rings. The van der Waals surface area contributed by atoms with Gasteiger partial charge in [-0.3, -0.25) is 15.0 Å². The molecule has 0 atom stereocenters. The molecule has 0 saturated heterocycles. The maximum atomic E-state index is 4.45. The Kier molecular flexibility index (Phi) is 15.7. The molecule has 0 unspecified atom stereocenters. The van der Waals surface area contributed by atoms with Crippen LogP contribution in [-0.4, -0.2) is 65.2 Å². The minimum Gasteiger partial charge on any atom is -0.368 e. The standard InChI is InChI=1S/3C19H18N4.ClH/c3*1-2-4-16(5-3-1)18-12-17(15-8-10-20-11-9-15)19(23-22-18)21-13-14-6-7-14;/h3*1-5,8-12,14H,6-7,13H2,(H,21,23);1H. The molecule has 9 aromatic rings. The lowest BCUT2D eigenvalue weighted by atomic mass is 10.0. The zero-order valence-electron chi connectivity index (χ0n) is 38.8. The van der Waals surface area contributed by atoms with E-state index in [2.05, 4.69) is 116 Å². The molecule has 3 aliphatic carbocycles. The molecular formula is C57H55ClN12. The highest BCUT2D eigenvalue weighted by molar-refractivity contribution is 5.85. The van der Waals surface area contributed by atoms with Gasteiger partial charge >= 0.3 is 0 Å². The van der Waals surface area contributed by atoms with Crippen molar-refractivity contribution < 1.29 is 0 Å². The number of aromatic nitrogens is 9. The van der Waals surface area contributed by atoms with Crippen molar-refractivity contribution in [2.24, 2.45) is 17.8 Å². The molecule has 0 amide bonds. The lowest BCUT2D eigenvalue weighted by molar-refractivity contribution is 0.874. The van der Waals surface area contributed by atoms with Crippen LogP contribution < -0.4 is 16.0 Å². The number of pyridine rings is 3. The summed E-state index contributed by atoms with van der Waals surface area (Å²) < 4.78 is 0. The molecule has 70 heavy (non-hydrogen) atoms. The first kappa shape index (κ1) is 47.1. The highest BCUT2D eigenvalue weighted by Crippen LogP contribution is 2.35. The van der Waals surface area contributed by atoms with Crippen molar-refractivity contribution in [3.63, 3.8) is 0 Å². The Hall–Kier alpha value is -7.96. The van der Waals surface area contributed by atoms with Crippen LogP contribution in [0.15, 0.2) is 183 Å². The first-order chi connectivity index (χ1) is 34.2. The van der Waals surface area contributed by atoms with Crippen molar-refractivity contribution in [1.82, 2.24) is 45.5 Å². The van der Waals surface area contributed by atoms with Gasteiger partial charge in [0.15, 0.2) is 17.5 Å². The highest BCUT2D eigenvalue weighted by Gasteiger charge is 2.24.